The van der Waals surface area contributed by atoms with Crippen LogP contribution in [0.25, 0.3) is 11.4 Å². The van der Waals surface area contributed by atoms with Gasteiger partial charge in [0.15, 0.2) is 15.7 Å². The highest BCUT2D eigenvalue weighted by atomic mass is 32.1. The summed E-state index contributed by atoms with van der Waals surface area (Å²) in [6.07, 6.45) is 5.77. The van der Waals surface area contributed by atoms with E-state index in [9.17, 15) is 4.79 Å². The minimum atomic E-state index is -0.146. The van der Waals surface area contributed by atoms with E-state index < -0.39 is 0 Å². The van der Waals surface area contributed by atoms with E-state index in [1.54, 1.807) is 15.9 Å². The molecule has 2 heterocycles. The summed E-state index contributed by atoms with van der Waals surface area (Å²) in [5, 5.41) is 10.7. The Balaban J connectivity index is 1.47. The molecule has 6 nitrogen and oxygen atoms in total. The van der Waals surface area contributed by atoms with Gasteiger partial charge in [-0.2, -0.15) is 5.10 Å². The van der Waals surface area contributed by atoms with Gasteiger partial charge in [-0.15, -0.1) is 11.3 Å². The van der Waals surface area contributed by atoms with Crippen LogP contribution in [0.4, 0.5) is 5.13 Å². The molecule has 2 aromatic heterocycles. The summed E-state index contributed by atoms with van der Waals surface area (Å²) in [4.78, 5) is 18.7. The number of hydrogen-bond donors (Lipinski definition) is 2. The van der Waals surface area contributed by atoms with Gasteiger partial charge in [0, 0.05) is 10.4 Å². The minimum absolute atomic E-state index is 0.0985. The summed E-state index contributed by atoms with van der Waals surface area (Å²) in [5.74, 6) is 1.26. The Kier molecular flexibility index (Phi) is 5.91. The van der Waals surface area contributed by atoms with Crippen LogP contribution in [0.2, 0.25) is 0 Å². The van der Waals surface area contributed by atoms with E-state index in [-0.39, 0.29) is 12.5 Å². The highest BCUT2D eigenvalue weighted by molar-refractivity contribution is 7.71. The predicted molar refractivity (Wildman–Crippen MR) is 119 cm³/mol. The van der Waals surface area contributed by atoms with Gasteiger partial charge in [0.05, 0.1) is 5.69 Å². The number of H-pyrrole nitrogens is 1. The maximum absolute atomic E-state index is 12.7. The zero-order valence-corrected chi connectivity index (χ0v) is 18.3. The number of amides is 1. The number of anilines is 1. The van der Waals surface area contributed by atoms with E-state index >= 15 is 0 Å². The van der Waals surface area contributed by atoms with Crippen molar-refractivity contribution in [3.63, 3.8) is 0 Å². The number of carbonyl (C=O) groups is 1. The number of aromatic nitrogens is 4. The van der Waals surface area contributed by atoms with E-state index in [1.165, 1.54) is 29.7 Å². The molecule has 8 heteroatoms. The van der Waals surface area contributed by atoms with Gasteiger partial charge in [-0.1, -0.05) is 49.6 Å². The lowest BCUT2D eigenvalue weighted by Crippen LogP contribution is -2.19. The fourth-order valence-electron chi connectivity index (χ4n) is 3.84. The lowest BCUT2D eigenvalue weighted by Gasteiger charge is -2.19. The SMILES string of the molecule is CCCC1CCc2nc(NC(=O)Cn3c(-c4ccc(C)cc4)n[nH]c3=S)sc2C1. The van der Waals surface area contributed by atoms with Crippen LogP contribution in [0.5, 0.6) is 0 Å². The van der Waals surface area contributed by atoms with Crippen molar-refractivity contribution >= 4 is 34.6 Å². The number of hydrogen-bond acceptors (Lipinski definition) is 5. The smallest absolute Gasteiger partial charge is 0.246 e. The van der Waals surface area contributed by atoms with Crippen LogP contribution in [0, 0.1) is 17.6 Å². The van der Waals surface area contributed by atoms with Crippen molar-refractivity contribution in [2.45, 2.75) is 52.5 Å². The molecule has 0 saturated heterocycles. The maximum Gasteiger partial charge on any atom is 0.246 e. The maximum atomic E-state index is 12.7. The fraction of sp³-hybridized carbons (Fsp3) is 0.429. The standard InChI is InChI=1S/C21H25N5OS2/c1-3-4-14-7-10-16-17(11-14)29-20(22-16)23-18(27)12-26-19(24-25-21(26)28)15-8-5-13(2)6-9-15/h5-6,8-9,14H,3-4,7,10-12H2,1-2H3,(H,25,28)(H,22,23,27). The Morgan fingerprint density at radius 3 is 2.93 bits per heavy atom. The van der Waals surface area contributed by atoms with Gasteiger partial charge in [-0.25, -0.2) is 4.98 Å². The molecule has 2 N–H and O–H groups in total. The molecule has 29 heavy (non-hydrogen) atoms. The van der Waals surface area contributed by atoms with Crippen LogP contribution in [-0.2, 0) is 24.2 Å². The second kappa shape index (κ2) is 8.59. The number of nitrogens with one attached hydrogen (secondary N) is 2. The van der Waals surface area contributed by atoms with Crippen molar-refractivity contribution in [1.82, 2.24) is 19.7 Å². The van der Waals surface area contributed by atoms with Gasteiger partial charge in [0.25, 0.3) is 0 Å². The molecule has 1 amide bonds. The topological polar surface area (TPSA) is 75.6 Å². The lowest BCUT2D eigenvalue weighted by atomic mass is 9.88. The summed E-state index contributed by atoms with van der Waals surface area (Å²) in [6, 6.07) is 8.00. The Hall–Kier alpha value is -2.32. The molecular formula is C21H25N5OS2. The van der Waals surface area contributed by atoms with Crippen molar-refractivity contribution < 1.29 is 4.79 Å². The van der Waals surface area contributed by atoms with E-state index in [4.69, 9.17) is 12.2 Å². The minimum Gasteiger partial charge on any atom is -0.300 e. The van der Waals surface area contributed by atoms with E-state index in [0.29, 0.717) is 15.7 Å². The van der Waals surface area contributed by atoms with Crippen LogP contribution < -0.4 is 5.32 Å². The van der Waals surface area contributed by atoms with Crippen molar-refractivity contribution in [3.05, 3.63) is 45.2 Å². The van der Waals surface area contributed by atoms with E-state index in [2.05, 4.69) is 27.4 Å². The van der Waals surface area contributed by atoms with Crippen LogP contribution >= 0.6 is 23.6 Å². The lowest BCUT2D eigenvalue weighted by molar-refractivity contribution is -0.116. The first kappa shape index (κ1) is 20.0. The molecule has 0 saturated carbocycles. The zero-order chi connectivity index (χ0) is 20.4. The Morgan fingerprint density at radius 2 is 2.17 bits per heavy atom. The molecule has 1 aromatic carbocycles. The van der Waals surface area contributed by atoms with Gasteiger partial charge >= 0.3 is 0 Å². The van der Waals surface area contributed by atoms with Crippen LogP contribution in [-0.4, -0.2) is 25.7 Å². The molecule has 0 spiro atoms. The van der Waals surface area contributed by atoms with Crippen LogP contribution in [0.3, 0.4) is 0 Å². The molecular weight excluding hydrogens is 402 g/mol. The van der Waals surface area contributed by atoms with E-state index in [1.807, 2.05) is 31.2 Å². The molecule has 0 aliphatic heterocycles. The Labute approximate surface area is 179 Å². The number of aryl methyl sites for hydroxylation is 2. The summed E-state index contributed by atoms with van der Waals surface area (Å²) in [6.45, 7) is 4.37. The van der Waals surface area contributed by atoms with Gasteiger partial charge < -0.3 is 5.32 Å². The van der Waals surface area contributed by atoms with Gasteiger partial charge in [-0.05, 0) is 44.3 Å². The zero-order valence-electron chi connectivity index (χ0n) is 16.7. The number of benzene rings is 1. The van der Waals surface area contributed by atoms with Gasteiger partial charge in [0.2, 0.25) is 5.91 Å². The monoisotopic (exact) mass is 427 g/mol. The number of rotatable bonds is 6. The summed E-state index contributed by atoms with van der Waals surface area (Å²) < 4.78 is 2.15. The predicted octanol–water partition coefficient (Wildman–Crippen LogP) is 4.92. The van der Waals surface area contributed by atoms with Crippen LogP contribution in [0.1, 0.15) is 42.3 Å². The molecule has 0 bridgehead atoms. The molecule has 1 aliphatic rings. The van der Waals surface area contributed by atoms with Crippen molar-refractivity contribution in [2.24, 2.45) is 5.92 Å². The largest absolute Gasteiger partial charge is 0.300 e. The summed E-state index contributed by atoms with van der Waals surface area (Å²) in [5.41, 5.74) is 3.24. The second-order valence-corrected chi connectivity index (χ2v) is 9.11. The third kappa shape index (κ3) is 4.48. The van der Waals surface area contributed by atoms with Gasteiger partial charge in [-0.3, -0.25) is 14.5 Å². The highest BCUT2D eigenvalue weighted by Gasteiger charge is 2.23. The molecule has 0 fully saturated rings. The third-order valence-electron chi connectivity index (χ3n) is 5.35. The number of carbonyl (C=O) groups excluding carboxylic acids is 1. The van der Waals surface area contributed by atoms with E-state index in [0.717, 1.165) is 30.0 Å². The molecule has 0 radical (unpaired) electrons. The Bertz CT molecular complexity index is 1060. The first-order chi connectivity index (χ1) is 14.0. The number of nitrogens with zero attached hydrogens (tertiary/aromatic N) is 3. The van der Waals surface area contributed by atoms with Gasteiger partial charge in [0.1, 0.15) is 6.54 Å². The average Bonchev–Trinajstić information content (AvgIpc) is 3.25. The van der Waals surface area contributed by atoms with Crippen molar-refractivity contribution in [2.75, 3.05) is 5.32 Å². The first-order valence-corrected chi connectivity index (χ1v) is 11.3. The molecule has 3 aromatic rings. The number of fused-ring (bicyclic) bond motifs is 1. The number of thiazole rings is 1. The molecule has 1 aliphatic carbocycles. The number of aromatic amines is 1. The average molecular weight is 428 g/mol. The van der Waals surface area contributed by atoms with Crippen molar-refractivity contribution in [1.29, 1.82) is 0 Å². The normalized spacial score (nSPS) is 15.9. The Morgan fingerprint density at radius 1 is 1.38 bits per heavy atom. The third-order valence-corrected chi connectivity index (χ3v) is 6.70. The fourth-order valence-corrected chi connectivity index (χ4v) is 5.18. The highest BCUT2D eigenvalue weighted by Crippen LogP contribution is 2.34. The van der Waals surface area contributed by atoms with Crippen molar-refractivity contribution in [3.8, 4) is 11.4 Å². The summed E-state index contributed by atoms with van der Waals surface area (Å²) >= 11 is 6.95. The quantitative estimate of drug-likeness (QED) is 0.548. The molecule has 1 atom stereocenters. The molecule has 4 rings (SSSR count). The summed E-state index contributed by atoms with van der Waals surface area (Å²) in [7, 11) is 0. The van der Waals surface area contributed by atoms with Crippen LogP contribution in [0.15, 0.2) is 24.3 Å². The molecule has 152 valence electrons. The second-order valence-electron chi connectivity index (χ2n) is 7.64. The molecule has 1 unspecified atom stereocenters. The first-order valence-electron chi connectivity index (χ1n) is 10.0.